The number of hydrogen-bond donors (Lipinski definition) is 5. The first kappa shape index (κ1) is 57.5. The zero-order valence-electron chi connectivity index (χ0n) is 45.1. The lowest BCUT2D eigenvalue weighted by atomic mass is 9.98. The maximum Gasteiger partial charge on any atom is 0.411 e. The van der Waals surface area contributed by atoms with Crippen LogP contribution < -0.4 is 26.6 Å². The van der Waals surface area contributed by atoms with E-state index >= 15 is 0 Å². The van der Waals surface area contributed by atoms with Gasteiger partial charge in [0.1, 0.15) is 41.5 Å². The molecule has 0 fully saturated rings. The van der Waals surface area contributed by atoms with Crippen molar-refractivity contribution in [1.29, 1.82) is 0 Å². The number of carbonyl (C=O) groups is 7. The van der Waals surface area contributed by atoms with E-state index in [1.807, 2.05) is 66.7 Å². The summed E-state index contributed by atoms with van der Waals surface area (Å²) in [6.45, 7) is 15.6. The van der Waals surface area contributed by atoms with Crippen molar-refractivity contribution in [3.63, 3.8) is 0 Å². The van der Waals surface area contributed by atoms with E-state index in [1.54, 1.807) is 86.6 Å². The van der Waals surface area contributed by atoms with Crippen LogP contribution in [-0.2, 0) is 55.8 Å². The predicted octanol–water partition coefficient (Wildman–Crippen LogP) is 9.60. The van der Waals surface area contributed by atoms with Crippen LogP contribution >= 0.6 is 0 Å². The zero-order valence-corrected chi connectivity index (χ0v) is 45.1. The Morgan fingerprint density at radius 3 is 1.68 bits per heavy atom. The van der Waals surface area contributed by atoms with Crippen molar-refractivity contribution in [3.05, 3.63) is 138 Å². The Bertz CT molecular complexity index is 2820. The van der Waals surface area contributed by atoms with Crippen molar-refractivity contribution in [2.75, 3.05) is 18.5 Å². The van der Waals surface area contributed by atoms with E-state index in [4.69, 9.17) is 18.9 Å². The fourth-order valence-electron chi connectivity index (χ4n) is 8.76. The summed E-state index contributed by atoms with van der Waals surface area (Å²) in [7, 11) is 0. The molecule has 76 heavy (non-hydrogen) atoms. The molecule has 0 radical (unpaired) electrons. The fraction of sp³-hybridized carbons (Fsp3) is 0.417. The summed E-state index contributed by atoms with van der Waals surface area (Å²) in [4.78, 5) is 93.2. The van der Waals surface area contributed by atoms with Crippen LogP contribution in [0.2, 0.25) is 0 Å². The van der Waals surface area contributed by atoms with Crippen LogP contribution in [0.3, 0.4) is 0 Å². The van der Waals surface area contributed by atoms with Gasteiger partial charge in [0.25, 0.3) is 0 Å². The van der Waals surface area contributed by atoms with Crippen LogP contribution in [0.5, 0.6) is 0 Å². The van der Waals surface area contributed by atoms with E-state index in [1.165, 1.54) is 0 Å². The second-order valence-electron chi connectivity index (χ2n) is 22.0. The molecular weight excluding hydrogens is 967 g/mol. The number of esters is 3. The largest absolute Gasteiger partial charge is 0.460 e. The standard InChI is InChI=1S/C60H73N5O11/c1-58(2,3)74-52(67)32-31-49(55(70)76-60(7,8)9)65-56(71)64-48(54(69)75-59(4,5)6)24-16-17-33-61-53(68)50(35-39-25-28-40-18-10-11-19-41(40)34-39)63-51(66)36-38-26-29-42(30-27-38)62-57(72)73-37-47-45-22-14-12-20-43(45)44-21-13-15-23-46(44)47/h10-15,18-23,25-30,34,47-50H,16-17,24,31-33,35-37H2,1-9H3,(H,61,68)(H,62,72)(H,63,66)(H2,64,65,71)/t48-,49-,50-/m0/s1. The van der Waals surface area contributed by atoms with Gasteiger partial charge in [0.2, 0.25) is 11.8 Å². The molecule has 0 bridgehead atoms. The summed E-state index contributed by atoms with van der Waals surface area (Å²) in [6.07, 6.45) is 0.117. The molecule has 5 N–H and O–H groups in total. The lowest BCUT2D eigenvalue weighted by Gasteiger charge is -2.27. The molecule has 404 valence electrons. The molecule has 1 aliphatic carbocycles. The zero-order chi connectivity index (χ0) is 55.2. The summed E-state index contributed by atoms with van der Waals surface area (Å²) in [5, 5.41) is 15.9. The Labute approximate surface area is 445 Å². The van der Waals surface area contributed by atoms with Gasteiger partial charge < -0.3 is 40.2 Å². The number of unbranched alkanes of at least 4 members (excludes halogenated alkanes) is 1. The smallest absolute Gasteiger partial charge is 0.411 e. The lowest BCUT2D eigenvalue weighted by molar-refractivity contribution is -0.159. The quantitative estimate of drug-likeness (QED) is 0.0265. The molecule has 1 aliphatic rings. The summed E-state index contributed by atoms with van der Waals surface area (Å²) >= 11 is 0. The number of carbonyl (C=O) groups excluding carboxylic acids is 7. The average Bonchev–Trinajstić information content (AvgIpc) is 3.67. The van der Waals surface area contributed by atoms with Crippen LogP contribution in [0.25, 0.3) is 21.9 Å². The molecule has 3 atom stereocenters. The van der Waals surface area contributed by atoms with Gasteiger partial charge in [-0.3, -0.25) is 19.7 Å². The van der Waals surface area contributed by atoms with Gasteiger partial charge in [0.05, 0.1) is 6.42 Å². The third-order valence-corrected chi connectivity index (χ3v) is 12.1. The third kappa shape index (κ3) is 18.0. The number of amides is 5. The molecule has 0 aliphatic heterocycles. The Hall–Kier alpha value is -7.75. The van der Waals surface area contributed by atoms with Crippen molar-refractivity contribution < 1.29 is 52.5 Å². The maximum absolute atomic E-state index is 13.9. The maximum atomic E-state index is 13.9. The van der Waals surface area contributed by atoms with E-state index in [9.17, 15) is 33.6 Å². The van der Waals surface area contributed by atoms with Crippen LogP contribution in [-0.4, -0.2) is 89.9 Å². The third-order valence-electron chi connectivity index (χ3n) is 12.1. The minimum absolute atomic E-state index is 0.0401. The topological polar surface area (TPSA) is 217 Å². The van der Waals surface area contributed by atoms with Gasteiger partial charge in [0.15, 0.2) is 0 Å². The molecule has 0 aromatic heterocycles. The number of urea groups is 1. The van der Waals surface area contributed by atoms with Crippen LogP contribution in [0.1, 0.15) is 123 Å². The Balaban J connectivity index is 1.04. The number of hydrogen-bond acceptors (Lipinski definition) is 11. The number of anilines is 1. The van der Waals surface area contributed by atoms with E-state index in [-0.39, 0.29) is 57.1 Å². The van der Waals surface area contributed by atoms with Crippen molar-refractivity contribution in [3.8, 4) is 11.1 Å². The second kappa shape index (κ2) is 25.7. The Kier molecular flexibility index (Phi) is 19.4. The van der Waals surface area contributed by atoms with Crippen LogP contribution in [0, 0.1) is 0 Å². The summed E-state index contributed by atoms with van der Waals surface area (Å²) in [6, 6.07) is 32.6. The number of ether oxygens (including phenoxy) is 4. The van der Waals surface area contributed by atoms with E-state index in [0.29, 0.717) is 24.1 Å². The molecule has 5 aromatic rings. The van der Waals surface area contributed by atoms with Gasteiger partial charge in [-0.1, -0.05) is 103 Å². The number of rotatable bonds is 21. The molecule has 16 heteroatoms. The molecule has 0 heterocycles. The first-order chi connectivity index (χ1) is 35.9. The monoisotopic (exact) mass is 1040 g/mol. The number of benzene rings is 5. The minimum atomic E-state index is -1.24. The molecule has 5 amide bonds. The normalized spacial score (nSPS) is 13.4. The Morgan fingerprint density at radius 1 is 0.553 bits per heavy atom. The highest BCUT2D eigenvalue weighted by atomic mass is 16.6. The van der Waals surface area contributed by atoms with E-state index in [0.717, 1.165) is 38.6 Å². The molecule has 0 saturated heterocycles. The van der Waals surface area contributed by atoms with Crippen LogP contribution in [0.4, 0.5) is 15.3 Å². The SMILES string of the molecule is CC(C)(C)OC(=O)CC[C@H](NC(=O)N[C@@H](CCCCNC(=O)[C@H](Cc1ccc2ccccc2c1)NC(=O)Cc1ccc(NC(=O)OCC2c3ccccc3-c3ccccc32)cc1)C(=O)OC(C)(C)C)C(=O)OC(C)(C)C. The Morgan fingerprint density at radius 2 is 1.09 bits per heavy atom. The van der Waals surface area contributed by atoms with E-state index < -0.39 is 70.9 Å². The molecule has 16 nitrogen and oxygen atoms in total. The highest BCUT2D eigenvalue weighted by Gasteiger charge is 2.33. The lowest BCUT2D eigenvalue weighted by Crippen LogP contribution is -2.53. The van der Waals surface area contributed by atoms with E-state index in [2.05, 4.69) is 50.8 Å². The van der Waals surface area contributed by atoms with Gasteiger partial charge in [-0.25, -0.2) is 19.2 Å². The predicted molar refractivity (Wildman–Crippen MR) is 291 cm³/mol. The molecule has 0 spiro atoms. The van der Waals surface area contributed by atoms with Crippen molar-refractivity contribution in [2.45, 2.75) is 148 Å². The van der Waals surface area contributed by atoms with Gasteiger partial charge in [-0.15, -0.1) is 0 Å². The molecular formula is C60H73N5O11. The van der Waals surface area contributed by atoms with Crippen LogP contribution in [0.15, 0.2) is 115 Å². The number of nitrogens with one attached hydrogen (secondary N) is 5. The summed E-state index contributed by atoms with van der Waals surface area (Å²) < 4.78 is 22.3. The molecule has 0 unspecified atom stereocenters. The molecule has 5 aromatic carbocycles. The number of fused-ring (bicyclic) bond motifs is 4. The van der Waals surface area contributed by atoms with Gasteiger partial charge in [-0.2, -0.15) is 0 Å². The minimum Gasteiger partial charge on any atom is -0.460 e. The molecule has 6 rings (SSSR count). The first-order valence-electron chi connectivity index (χ1n) is 25.9. The van der Waals surface area contributed by atoms with Gasteiger partial charge in [-0.05, 0) is 144 Å². The first-order valence-corrected chi connectivity index (χ1v) is 25.9. The van der Waals surface area contributed by atoms with Crippen molar-refractivity contribution >= 4 is 58.3 Å². The second-order valence-corrected chi connectivity index (χ2v) is 22.0. The average molecular weight is 1040 g/mol. The van der Waals surface area contributed by atoms with Crippen molar-refractivity contribution in [2.24, 2.45) is 0 Å². The highest BCUT2D eigenvalue weighted by Crippen LogP contribution is 2.44. The van der Waals surface area contributed by atoms with Gasteiger partial charge >= 0.3 is 30.0 Å². The summed E-state index contributed by atoms with van der Waals surface area (Å²) in [5.74, 6) is -2.90. The van der Waals surface area contributed by atoms with Crippen molar-refractivity contribution in [1.82, 2.24) is 21.3 Å². The van der Waals surface area contributed by atoms with Gasteiger partial charge in [0, 0.05) is 31.0 Å². The summed E-state index contributed by atoms with van der Waals surface area (Å²) in [5.41, 5.74) is 3.96. The fourth-order valence-corrected chi connectivity index (χ4v) is 8.76. The molecule has 0 saturated carbocycles. The highest BCUT2D eigenvalue weighted by molar-refractivity contribution is 5.90.